The predicted octanol–water partition coefficient (Wildman–Crippen LogP) is 2.96. The molecule has 0 spiro atoms. The van der Waals surface area contributed by atoms with Crippen LogP contribution in [0.2, 0.25) is 0 Å². The van der Waals surface area contributed by atoms with Crippen LogP contribution < -0.4 is 16.4 Å². The van der Waals surface area contributed by atoms with Crippen molar-refractivity contribution in [3.05, 3.63) is 54.0 Å². The predicted molar refractivity (Wildman–Crippen MR) is 102 cm³/mol. The minimum absolute atomic E-state index is 0. The zero-order valence-electron chi connectivity index (χ0n) is 12.9. The van der Waals surface area contributed by atoms with Crippen LogP contribution in [0, 0.1) is 0 Å². The monoisotopic (exact) mass is 428 g/mol. The second-order valence-corrected chi connectivity index (χ2v) is 4.76. The van der Waals surface area contributed by atoms with Crippen molar-refractivity contribution in [2.24, 2.45) is 10.7 Å². The molecule has 0 aliphatic rings. The third kappa shape index (κ3) is 6.31. The highest BCUT2D eigenvalue weighted by Gasteiger charge is 2.08. The fraction of sp³-hybridized carbons (Fsp3) is 0.250. The van der Waals surface area contributed by atoms with Crippen LogP contribution in [-0.2, 0) is 6.54 Å². The van der Waals surface area contributed by atoms with E-state index in [4.69, 9.17) is 10.2 Å². The summed E-state index contributed by atoms with van der Waals surface area (Å²) >= 11 is 0. The van der Waals surface area contributed by atoms with Gasteiger partial charge in [0, 0.05) is 12.2 Å². The molecule has 6 nitrogen and oxygen atoms in total. The lowest BCUT2D eigenvalue weighted by atomic mass is 10.2. The second-order valence-electron chi connectivity index (χ2n) is 4.76. The van der Waals surface area contributed by atoms with Gasteiger partial charge < -0.3 is 20.8 Å². The van der Waals surface area contributed by atoms with Crippen molar-refractivity contribution in [1.82, 2.24) is 5.32 Å². The van der Waals surface area contributed by atoms with Gasteiger partial charge in [-0.05, 0) is 36.2 Å². The van der Waals surface area contributed by atoms with E-state index in [2.05, 4.69) is 22.5 Å². The van der Waals surface area contributed by atoms with Gasteiger partial charge in [-0.1, -0.05) is 19.1 Å². The molecule has 0 saturated carbocycles. The van der Waals surface area contributed by atoms with E-state index in [1.165, 1.54) is 6.26 Å². The Labute approximate surface area is 152 Å². The first-order valence-electron chi connectivity index (χ1n) is 7.16. The number of amides is 1. The van der Waals surface area contributed by atoms with E-state index in [0.29, 0.717) is 18.2 Å². The molecule has 1 aromatic carbocycles. The van der Waals surface area contributed by atoms with Crippen molar-refractivity contribution in [1.29, 1.82) is 0 Å². The van der Waals surface area contributed by atoms with E-state index < -0.39 is 0 Å². The minimum atomic E-state index is -0.274. The molecule has 0 aliphatic heterocycles. The molecule has 0 fully saturated rings. The summed E-state index contributed by atoms with van der Waals surface area (Å²) in [7, 11) is 0. The molecule has 0 bridgehead atoms. The Morgan fingerprint density at radius 2 is 2.00 bits per heavy atom. The number of aliphatic imine (C=N–C) groups is 1. The number of benzene rings is 1. The van der Waals surface area contributed by atoms with Crippen molar-refractivity contribution in [3.8, 4) is 0 Å². The number of furan rings is 1. The molecule has 7 heteroatoms. The third-order valence-electron chi connectivity index (χ3n) is 2.94. The van der Waals surface area contributed by atoms with Crippen LogP contribution in [0.15, 0.2) is 52.1 Å². The van der Waals surface area contributed by atoms with Crippen LogP contribution in [0.1, 0.15) is 29.5 Å². The van der Waals surface area contributed by atoms with Crippen molar-refractivity contribution >= 4 is 41.5 Å². The maximum Gasteiger partial charge on any atom is 0.291 e. The number of carbonyl (C=O) groups is 1. The largest absolute Gasteiger partial charge is 0.459 e. The average molecular weight is 428 g/mol. The number of anilines is 1. The van der Waals surface area contributed by atoms with E-state index >= 15 is 0 Å². The van der Waals surface area contributed by atoms with Crippen LogP contribution in [0.25, 0.3) is 0 Å². The van der Waals surface area contributed by atoms with Gasteiger partial charge in [0.1, 0.15) is 0 Å². The number of nitrogens with one attached hydrogen (secondary N) is 2. The number of hydrogen-bond acceptors (Lipinski definition) is 3. The van der Waals surface area contributed by atoms with Gasteiger partial charge in [0.15, 0.2) is 11.7 Å². The molecular weight excluding hydrogens is 407 g/mol. The SMILES string of the molecule is CCCNC(N)=NCc1ccc(NC(=O)c2ccco2)cc1.I. The van der Waals surface area contributed by atoms with Crippen LogP contribution in [0.5, 0.6) is 0 Å². The summed E-state index contributed by atoms with van der Waals surface area (Å²) < 4.78 is 5.04. The van der Waals surface area contributed by atoms with Gasteiger partial charge in [-0.15, -0.1) is 24.0 Å². The first-order valence-corrected chi connectivity index (χ1v) is 7.16. The van der Waals surface area contributed by atoms with Crippen molar-refractivity contribution in [2.75, 3.05) is 11.9 Å². The zero-order valence-corrected chi connectivity index (χ0v) is 15.2. The quantitative estimate of drug-likeness (QED) is 0.375. The number of hydrogen-bond donors (Lipinski definition) is 3. The van der Waals surface area contributed by atoms with Crippen LogP contribution in [-0.4, -0.2) is 18.4 Å². The summed E-state index contributed by atoms with van der Waals surface area (Å²) in [5, 5.41) is 5.77. The third-order valence-corrected chi connectivity index (χ3v) is 2.94. The molecule has 2 rings (SSSR count). The normalized spacial score (nSPS) is 10.7. The lowest BCUT2D eigenvalue weighted by molar-refractivity contribution is 0.0996. The molecule has 1 amide bonds. The Morgan fingerprint density at radius 1 is 1.26 bits per heavy atom. The fourth-order valence-electron chi connectivity index (χ4n) is 1.78. The van der Waals surface area contributed by atoms with E-state index in [-0.39, 0.29) is 35.6 Å². The molecule has 0 atom stereocenters. The Kier molecular flexibility index (Phi) is 8.17. The molecule has 0 saturated heterocycles. The molecule has 0 aliphatic carbocycles. The van der Waals surface area contributed by atoms with Gasteiger partial charge in [-0.25, -0.2) is 4.99 Å². The first kappa shape index (κ1) is 19.0. The highest BCUT2D eigenvalue weighted by atomic mass is 127. The fourth-order valence-corrected chi connectivity index (χ4v) is 1.78. The van der Waals surface area contributed by atoms with Crippen molar-refractivity contribution in [3.63, 3.8) is 0 Å². The summed E-state index contributed by atoms with van der Waals surface area (Å²) in [4.78, 5) is 16.1. The smallest absolute Gasteiger partial charge is 0.291 e. The van der Waals surface area contributed by atoms with E-state index in [0.717, 1.165) is 18.5 Å². The summed E-state index contributed by atoms with van der Waals surface area (Å²) in [5.74, 6) is 0.448. The maximum absolute atomic E-state index is 11.8. The average Bonchev–Trinajstić information content (AvgIpc) is 3.07. The van der Waals surface area contributed by atoms with E-state index in [9.17, 15) is 4.79 Å². The van der Waals surface area contributed by atoms with Gasteiger partial charge in [0.2, 0.25) is 0 Å². The molecule has 0 unspecified atom stereocenters. The Morgan fingerprint density at radius 3 is 2.61 bits per heavy atom. The molecular formula is C16H21IN4O2. The number of nitrogens with two attached hydrogens (primary N) is 1. The Hall–Kier alpha value is -2.03. The topological polar surface area (TPSA) is 92.6 Å². The number of rotatable bonds is 6. The zero-order chi connectivity index (χ0) is 15.8. The van der Waals surface area contributed by atoms with Crippen LogP contribution >= 0.6 is 24.0 Å². The number of nitrogens with zero attached hydrogens (tertiary/aromatic N) is 1. The van der Waals surface area contributed by atoms with Gasteiger partial charge in [-0.2, -0.15) is 0 Å². The van der Waals surface area contributed by atoms with Gasteiger partial charge >= 0.3 is 0 Å². The standard InChI is InChI=1S/C16H20N4O2.HI/c1-2-9-18-16(17)19-11-12-5-7-13(8-6-12)20-15(21)14-4-3-10-22-14;/h3-8,10H,2,9,11H2,1H3,(H,20,21)(H3,17,18,19);1H. The molecule has 1 heterocycles. The number of carbonyl (C=O) groups excluding carboxylic acids is 1. The van der Waals surface area contributed by atoms with Crippen LogP contribution in [0.4, 0.5) is 5.69 Å². The van der Waals surface area contributed by atoms with Gasteiger partial charge in [-0.3, -0.25) is 4.79 Å². The maximum atomic E-state index is 11.8. The molecule has 2 aromatic rings. The van der Waals surface area contributed by atoms with Gasteiger partial charge in [0.25, 0.3) is 5.91 Å². The molecule has 23 heavy (non-hydrogen) atoms. The summed E-state index contributed by atoms with van der Waals surface area (Å²) in [5.41, 5.74) is 7.44. The minimum Gasteiger partial charge on any atom is -0.459 e. The van der Waals surface area contributed by atoms with E-state index in [1.54, 1.807) is 12.1 Å². The number of guanidine groups is 1. The molecule has 0 radical (unpaired) electrons. The highest BCUT2D eigenvalue weighted by molar-refractivity contribution is 14.0. The lowest BCUT2D eigenvalue weighted by Gasteiger charge is -2.05. The van der Waals surface area contributed by atoms with E-state index in [1.807, 2.05) is 24.3 Å². The Balaban J connectivity index is 0.00000264. The Bertz CT molecular complexity index is 624. The molecule has 124 valence electrons. The number of halogens is 1. The lowest BCUT2D eigenvalue weighted by Crippen LogP contribution is -2.32. The van der Waals surface area contributed by atoms with Crippen LogP contribution in [0.3, 0.4) is 0 Å². The molecule has 1 aromatic heterocycles. The van der Waals surface area contributed by atoms with Gasteiger partial charge in [0.05, 0.1) is 12.8 Å². The van der Waals surface area contributed by atoms with Crippen molar-refractivity contribution in [2.45, 2.75) is 19.9 Å². The molecule has 4 N–H and O–H groups in total. The summed E-state index contributed by atoms with van der Waals surface area (Å²) in [6.07, 6.45) is 2.47. The second kappa shape index (κ2) is 9.88. The first-order chi connectivity index (χ1) is 10.7. The summed E-state index contributed by atoms with van der Waals surface area (Å²) in [6, 6.07) is 10.7. The highest BCUT2D eigenvalue weighted by Crippen LogP contribution is 2.12. The summed E-state index contributed by atoms with van der Waals surface area (Å²) in [6.45, 7) is 3.37. The van der Waals surface area contributed by atoms with Crippen molar-refractivity contribution < 1.29 is 9.21 Å².